The Morgan fingerprint density at radius 3 is 2.16 bits per heavy atom. The Morgan fingerprint density at radius 2 is 1.68 bits per heavy atom. The normalized spacial score (nSPS) is 35.8. The van der Waals surface area contributed by atoms with Crippen LogP contribution in [-0.4, -0.2) is 36.2 Å². The Morgan fingerprint density at radius 1 is 1.05 bits per heavy atom. The van der Waals surface area contributed by atoms with Crippen molar-refractivity contribution in [3.05, 3.63) is 0 Å². The highest BCUT2D eigenvalue weighted by atomic mass is 16.3. The van der Waals surface area contributed by atoms with Crippen LogP contribution in [0, 0.1) is 23.2 Å². The van der Waals surface area contributed by atoms with Crippen LogP contribution in [0.15, 0.2) is 0 Å². The molecular formula is C17H31NO. The van der Waals surface area contributed by atoms with E-state index in [1.807, 2.05) is 0 Å². The fourth-order valence-corrected chi connectivity index (χ4v) is 4.12. The molecule has 0 bridgehead atoms. The highest BCUT2D eigenvalue weighted by Crippen LogP contribution is 2.41. The quantitative estimate of drug-likeness (QED) is 0.763. The Bertz CT molecular complexity index is 284. The molecule has 19 heavy (non-hydrogen) atoms. The van der Waals surface area contributed by atoms with Gasteiger partial charge in [0, 0.05) is 31.7 Å². The Hall–Kier alpha value is -0.0800. The van der Waals surface area contributed by atoms with Gasteiger partial charge in [-0.15, -0.1) is 0 Å². The molecule has 3 rings (SSSR count). The van der Waals surface area contributed by atoms with Gasteiger partial charge in [-0.05, 0) is 56.3 Å². The van der Waals surface area contributed by atoms with Crippen LogP contribution in [0.2, 0.25) is 0 Å². The first kappa shape index (κ1) is 13.9. The maximum absolute atomic E-state index is 9.98. The molecule has 0 aromatic carbocycles. The van der Waals surface area contributed by atoms with Crippen molar-refractivity contribution in [1.29, 1.82) is 0 Å². The van der Waals surface area contributed by atoms with E-state index in [9.17, 15) is 5.11 Å². The van der Waals surface area contributed by atoms with E-state index in [0.717, 1.165) is 17.8 Å². The second-order valence-corrected chi connectivity index (χ2v) is 7.94. The fraction of sp³-hybridized carbons (Fsp3) is 1.00. The Kier molecular flexibility index (Phi) is 4.19. The zero-order valence-corrected chi connectivity index (χ0v) is 12.6. The van der Waals surface area contributed by atoms with Crippen LogP contribution in [0.25, 0.3) is 0 Å². The first-order chi connectivity index (χ1) is 9.19. The molecule has 0 saturated heterocycles. The summed E-state index contributed by atoms with van der Waals surface area (Å²) in [5, 5.41) is 9.98. The lowest BCUT2D eigenvalue weighted by Gasteiger charge is -2.42. The monoisotopic (exact) mass is 265 g/mol. The standard InChI is InChI=1S/C17H31NO/c1-14-3-2-8-17(9-14,13-19)12-18(10-15-4-5-15)11-16-6-7-16/h14-16,19H,2-13H2,1H3. The predicted octanol–water partition coefficient (Wildman–Crippen LogP) is 3.30. The van der Waals surface area contributed by atoms with Gasteiger partial charge in [0.05, 0.1) is 0 Å². The average molecular weight is 265 g/mol. The molecule has 0 aromatic rings. The molecule has 3 aliphatic carbocycles. The number of hydrogen-bond donors (Lipinski definition) is 1. The second-order valence-electron chi connectivity index (χ2n) is 7.94. The van der Waals surface area contributed by atoms with Gasteiger partial charge in [0.2, 0.25) is 0 Å². The molecular weight excluding hydrogens is 234 g/mol. The van der Waals surface area contributed by atoms with E-state index in [4.69, 9.17) is 0 Å². The summed E-state index contributed by atoms with van der Waals surface area (Å²) in [6.45, 7) is 6.57. The van der Waals surface area contributed by atoms with Crippen LogP contribution in [0.3, 0.4) is 0 Å². The van der Waals surface area contributed by atoms with Crippen LogP contribution < -0.4 is 0 Å². The van der Waals surface area contributed by atoms with Gasteiger partial charge in [-0.3, -0.25) is 0 Å². The molecule has 0 amide bonds. The molecule has 2 nitrogen and oxygen atoms in total. The third-order valence-corrected chi connectivity index (χ3v) is 5.51. The maximum atomic E-state index is 9.98. The van der Waals surface area contributed by atoms with Crippen LogP contribution in [-0.2, 0) is 0 Å². The zero-order valence-electron chi connectivity index (χ0n) is 12.6. The fourth-order valence-electron chi connectivity index (χ4n) is 4.12. The van der Waals surface area contributed by atoms with Crippen molar-refractivity contribution in [2.24, 2.45) is 23.2 Å². The SMILES string of the molecule is CC1CCCC(CO)(CN(CC2CC2)CC2CC2)C1. The summed E-state index contributed by atoms with van der Waals surface area (Å²) in [5.74, 6) is 2.77. The first-order valence-corrected chi connectivity index (χ1v) is 8.52. The average Bonchev–Trinajstić information content (AvgIpc) is 3.25. The van der Waals surface area contributed by atoms with Crippen molar-refractivity contribution in [3.63, 3.8) is 0 Å². The summed E-state index contributed by atoms with van der Waals surface area (Å²) in [7, 11) is 0. The maximum Gasteiger partial charge on any atom is 0.0499 e. The van der Waals surface area contributed by atoms with Gasteiger partial charge in [-0.1, -0.05) is 19.8 Å². The molecule has 0 spiro atoms. The lowest BCUT2D eigenvalue weighted by molar-refractivity contribution is 0.0212. The van der Waals surface area contributed by atoms with Gasteiger partial charge in [-0.2, -0.15) is 0 Å². The molecule has 2 heteroatoms. The van der Waals surface area contributed by atoms with Crippen molar-refractivity contribution in [3.8, 4) is 0 Å². The van der Waals surface area contributed by atoms with E-state index in [1.165, 1.54) is 71.0 Å². The largest absolute Gasteiger partial charge is 0.396 e. The highest BCUT2D eigenvalue weighted by Gasteiger charge is 2.38. The molecule has 110 valence electrons. The number of hydrogen-bond acceptors (Lipinski definition) is 2. The molecule has 3 saturated carbocycles. The van der Waals surface area contributed by atoms with Gasteiger partial charge in [-0.25, -0.2) is 0 Å². The summed E-state index contributed by atoms with van der Waals surface area (Å²) < 4.78 is 0. The topological polar surface area (TPSA) is 23.5 Å². The number of rotatable bonds is 7. The van der Waals surface area contributed by atoms with E-state index in [2.05, 4.69) is 11.8 Å². The molecule has 0 aliphatic heterocycles. The van der Waals surface area contributed by atoms with E-state index >= 15 is 0 Å². The summed E-state index contributed by atoms with van der Waals surface area (Å²) in [6, 6.07) is 0. The molecule has 2 atom stereocenters. The van der Waals surface area contributed by atoms with Gasteiger partial charge >= 0.3 is 0 Å². The summed E-state index contributed by atoms with van der Waals surface area (Å²) in [5.41, 5.74) is 0.224. The van der Waals surface area contributed by atoms with Crippen LogP contribution >= 0.6 is 0 Å². The molecule has 3 aliphatic rings. The smallest absolute Gasteiger partial charge is 0.0499 e. The van der Waals surface area contributed by atoms with Crippen LogP contribution in [0.5, 0.6) is 0 Å². The minimum atomic E-state index is 0.224. The molecule has 3 fully saturated rings. The van der Waals surface area contributed by atoms with Gasteiger partial charge in [0.15, 0.2) is 0 Å². The van der Waals surface area contributed by atoms with Gasteiger partial charge in [0.1, 0.15) is 0 Å². The Balaban J connectivity index is 1.59. The van der Waals surface area contributed by atoms with Crippen molar-refractivity contribution in [2.45, 2.75) is 58.3 Å². The summed E-state index contributed by atoms with van der Waals surface area (Å²) >= 11 is 0. The van der Waals surface area contributed by atoms with E-state index in [-0.39, 0.29) is 5.41 Å². The molecule has 0 heterocycles. The van der Waals surface area contributed by atoms with Crippen LogP contribution in [0.1, 0.15) is 58.3 Å². The molecule has 1 N–H and O–H groups in total. The molecule has 2 unspecified atom stereocenters. The van der Waals surface area contributed by atoms with Crippen molar-refractivity contribution in [1.82, 2.24) is 4.90 Å². The summed E-state index contributed by atoms with van der Waals surface area (Å²) in [6.07, 6.45) is 11.0. The number of aliphatic hydroxyl groups is 1. The highest BCUT2D eigenvalue weighted by molar-refractivity contribution is 4.91. The third kappa shape index (κ3) is 3.95. The Labute approximate surface area is 118 Å². The molecule has 0 radical (unpaired) electrons. The van der Waals surface area contributed by atoms with E-state index in [1.54, 1.807) is 0 Å². The van der Waals surface area contributed by atoms with E-state index in [0.29, 0.717) is 6.61 Å². The van der Waals surface area contributed by atoms with Crippen molar-refractivity contribution < 1.29 is 5.11 Å². The lowest BCUT2D eigenvalue weighted by Crippen LogP contribution is -2.44. The molecule has 0 aromatic heterocycles. The van der Waals surface area contributed by atoms with E-state index < -0.39 is 0 Å². The van der Waals surface area contributed by atoms with Crippen molar-refractivity contribution in [2.75, 3.05) is 26.2 Å². The minimum Gasteiger partial charge on any atom is -0.396 e. The lowest BCUT2D eigenvalue weighted by atomic mass is 9.70. The van der Waals surface area contributed by atoms with Crippen LogP contribution in [0.4, 0.5) is 0 Å². The third-order valence-electron chi connectivity index (χ3n) is 5.51. The van der Waals surface area contributed by atoms with Crippen molar-refractivity contribution >= 4 is 0 Å². The first-order valence-electron chi connectivity index (χ1n) is 8.52. The van der Waals surface area contributed by atoms with Gasteiger partial charge < -0.3 is 10.0 Å². The zero-order chi connectivity index (χ0) is 13.3. The number of aliphatic hydroxyl groups excluding tert-OH is 1. The number of nitrogens with zero attached hydrogens (tertiary/aromatic N) is 1. The summed E-state index contributed by atoms with van der Waals surface area (Å²) in [4.78, 5) is 2.73. The second kappa shape index (κ2) is 5.73. The van der Waals surface area contributed by atoms with Gasteiger partial charge in [0.25, 0.3) is 0 Å². The predicted molar refractivity (Wildman–Crippen MR) is 79.0 cm³/mol. The minimum absolute atomic E-state index is 0.224.